The van der Waals surface area contributed by atoms with Gasteiger partial charge in [-0.2, -0.15) is 0 Å². The molecule has 0 spiro atoms. The van der Waals surface area contributed by atoms with Crippen LogP contribution >= 0.6 is 0 Å². The van der Waals surface area contributed by atoms with Gasteiger partial charge in [-0.25, -0.2) is 13.1 Å². The summed E-state index contributed by atoms with van der Waals surface area (Å²) >= 11 is 0. The smallest absolute Gasteiger partial charge is 0.289 e. The summed E-state index contributed by atoms with van der Waals surface area (Å²) in [5.74, 6) is 0.792. The van der Waals surface area contributed by atoms with E-state index in [0.717, 1.165) is 11.3 Å². The van der Waals surface area contributed by atoms with Crippen LogP contribution in [-0.4, -0.2) is 26.0 Å². The number of nitro groups is 1. The molecule has 0 aliphatic rings. The predicted molar refractivity (Wildman–Crippen MR) is 98.8 cm³/mol. The molecule has 1 N–H and O–H groups in total. The van der Waals surface area contributed by atoms with Crippen molar-refractivity contribution in [3.8, 4) is 5.75 Å². The van der Waals surface area contributed by atoms with Gasteiger partial charge in [0.15, 0.2) is 4.90 Å². The fourth-order valence-electron chi connectivity index (χ4n) is 2.42. The first-order valence-electron chi connectivity index (χ1n) is 8.28. The van der Waals surface area contributed by atoms with Crippen molar-refractivity contribution < 1.29 is 18.1 Å². The number of aryl methyl sites for hydroxylation is 1. The van der Waals surface area contributed by atoms with Crippen molar-refractivity contribution in [2.24, 2.45) is 0 Å². The van der Waals surface area contributed by atoms with Gasteiger partial charge in [-0.3, -0.25) is 10.1 Å². The molecule has 2 aromatic carbocycles. The number of nitrogens with zero attached hydrogens (tertiary/aromatic N) is 1. The minimum absolute atomic E-state index is 0.109. The van der Waals surface area contributed by atoms with Crippen molar-refractivity contribution in [1.29, 1.82) is 0 Å². The molecule has 0 aromatic heterocycles. The standard InChI is InChI=1S/C18H22N2O5S/c1-14(2)25-16-11-9-15(10-12-16)6-5-13-19-26(23,24)18-8-4-3-7-17(18)20(21)22/h3-4,7-12,14,19H,5-6,13H2,1-2H3. The Kier molecular flexibility index (Phi) is 6.70. The lowest BCUT2D eigenvalue weighted by Crippen LogP contribution is -2.25. The first kappa shape index (κ1) is 19.9. The molecular weight excluding hydrogens is 356 g/mol. The van der Waals surface area contributed by atoms with Crippen LogP contribution in [0, 0.1) is 10.1 Å². The fourth-order valence-corrected chi connectivity index (χ4v) is 3.66. The van der Waals surface area contributed by atoms with E-state index in [1.54, 1.807) is 0 Å². The Labute approximate surface area is 153 Å². The normalized spacial score (nSPS) is 11.5. The van der Waals surface area contributed by atoms with Crippen LogP contribution in [0.1, 0.15) is 25.8 Å². The molecule has 0 fully saturated rings. The Morgan fingerprint density at radius 2 is 1.77 bits per heavy atom. The number of nitrogens with one attached hydrogen (secondary N) is 1. The molecule has 0 atom stereocenters. The summed E-state index contributed by atoms with van der Waals surface area (Å²) in [6.45, 7) is 4.10. The zero-order valence-corrected chi connectivity index (χ0v) is 15.5. The summed E-state index contributed by atoms with van der Waals surface area (Å²) in [5, 5.41) is 11.0. The number of nitro benzene ring substituents is 1. The maximum absolute atomic E-state index is 12.3. The average Bonchev–Trinajstić information content (AvgIpc) is 2.59. The molecule has 2 aromatic rings. The Morgan fingerprint density at radius 1 is 1.12 bits per heavy atom. The van der Waals surface area contributed by atoms with Crippen LogP contribution in [-0.2, 0) is 16.4 Å². The van der Waals surface area contributed by atoms with Crippen LogP contribution in [0.15, 0.2) is 53.4 Å². The predicted octanol–water partition coefficient (Wildman–Crippen LogP) is 3.29. The van der Waals surface area contributed by atoms with Crippen molar-refractivity contribution in [1.82, 2.24) is 4.72 Å². The summed E-state index contributed by atoms with van der Waals surface area (Å²) in [7, 11) is -3.92. The van der Waals surface area contributed by atoms with Crippen molar-refractivity contribution in [2.75, 3.05) is 6.54 Å². The molecule has 0 radical (unpaired) electrons. The molecular formula is C18H22N2O5S. The lowest BCUT2D eigenvalue weighted by Gasteiger charge is -2.10. The minimum Gasteiger partial charge on any atom is -0.491 e. The van der Waals surface area contributed by atoms with E-state index in [0.29, 0.717) is 12.8 Å². The molecule has 0 aliphatic carbocycles. The van der Waals surface area contributed by atoms with Crippen LogP contribution in [0.5, 0.6) is 5.75 Å². The topological polar surface area (TPSA) is 98.5 Å². The average molecular weight is 378 g/mol. The van der Waals surface area contributed by atoms with Gasteiger partial charge in [0.1, 0.15) is 5.75 Å². The van der Waals surface area contributed by atoms with E-state index in [9.17, 15) is 18.5 Å². The van der Waals surface area contributed by atoms with Gasteiger partial charge in [-0.05, 0) is 50.5 Å². The zero-order chi connectivity index (χ0) is 19.2. The quantitative estimate of drug-likeness (QED) is 0.410. The summed E-state index contributed by atoms with van der Waals surface area (Å²) in [6.07, 6.45) is 1.36. The Morgan fingerprint density at radius 3 is 2.38 bits per heavy atom. The molecule has 140 valence electrons. The number of para-hydroxylation sites is 1. The van der Waals surface area contributed by atoms with Crippen LogP contribution in [0.3, 0.4) is 0 Å². The van der Waals surface area contributed by atoms with Crippen molar-refractivity contribution >= 4 is 15.7 Å². The molecule has 0 aliphatic heterocycles. The van der Waals surface area contributed by atoms with E-state index in [4.69, 9.17) is 4.74 Å². The molecule has 0 heterocycles. The largest absolute Gasteiger partial charge is 0.491 e. The molecule has 0 amide bonds. The Balaban J connectivity index is 1.90. The third-order valence-corrected chi connectivity index (χ3v) is 5.09. The second-order valence-electron chi connectivity index (χ2n) is 6.04. The number of hydrogen-bond acceptors (Lipinski definition) is 5. The van der Waals surface area contributed by atoms with Gasteiger partial charge in [-0.1, -0.05) is 24.3 Å². The molecule has 0 unspecified atom stereocenters. The van der Waals surface area contributed by atoms with Crippen LogP contribution < -0.4 is 9.46 Å². The van der Waals surface area contributed by atoms with E-state index in [1.807, 2.05) is 38.1 Å². The maximum Gasteiger partial charge on any atom is 0.289 e. The minimum atomic E-state index is -3.92. The zero-order valence-electron chi connectivity index (χ0n) is 14.7. The summed E-state index contributed by atoms with van der Waals surface area (Å²) < 4.78 is 32.6. The second kappa shape index (κ2) is 8.77. The van der Waals surface area contributed by atoms with E-state index in [-0.39, 0.29) is 17.5 Å². The highest BCUT2D eigenvalue weighted by Gasteiger charge is 2.24. The highest BCUT2D eigenvalue weighted by atomic mass is 32.2. The third-order valence-electron chi connectivity index (χ3n) is 3.58. The fraction of sp³-hybridized carbons (Fsp3) is 0.333. The SMILES string of the molecule is CC(C)Oc1ccc(CCCNS(=O)(=O)c2ccccc2[N+](=O)[O-])cc1. The van der Waals surface area contributed by atoms with Gasteiger partial charge in [0.25, 0.3) is 5.69 Å². The van der Waals surface area contributed by atoms with Crippen LogP contribution in [0.4, 0.5) is 5.69 Å². The summed E-state index contributed by atoms with van der Waals surface area (Å²) in [5.41, 5.74) is 0.631. The van der Waals surface area contributed by atoms with Gasteiger partial charge in [0.2, 0.25) is 10.0 Å². The number of ether oxygens (including phenoxy) is 1. The van der Waals surface area contributed by atoms with E-state index in [1.165, 1.54) is 24.3 Å². The van der Waals surface area contributed by atoms with Crippen LogP contribution in [0.2, 0.25) is 0 Å². The lowest BCUT2D eigenvalue weighted by atomic mass is 10.1. The molecule has 0 saturated heterocycles. The molecule has 26 heavy (non-hydrogen) atoms. The lowest BCUT2D eigenvalue weighted by molar-refractivity contribution is -0.387. The van der Waals surface area contributed by atoms with Gasteiger partial charge in [0, 0.05) is 12.6 Å². The molecule has 0 bridgehead atoms. The number of sulfonamides is 1. The molecule has 2 rings (SSSR count). The summed E-state index contributed by atoms with van der Waals surface area (Å²) in [6, 6.07) is 12.9. The molecule has 0 saturated carbocycles. The third kappa shape index (κ3) is 5.53. The van der Waals surface area contributed by atoms with Crippen molar-refractivity contribution in [2.45, 2.75) is 37.7 Å². The Bertz CT molecular complexity index is 848. The van der Waals surface area contributed by atoms with Gasteiger partial charge in [-0.15, -0.1) is 0 Å². The van der Waals surface area contributed by atoms with E-state index >= 15 is 0 Å². The molecule has 8 heteroatoms. The van der Waals surface area contributed by atoms with E-state index in [2.05, 4.69) is 4.72 Å². The second-order valence-corrected chi connectivity index (χ2v) is 7.77. The van der Waals surface area contributed by atoms with E-state index < -0.39 is 20.6 Å². The highest BCUT2D eigenvalue weighted by molar-refractivity contribution is 7.89. The first-order chi connectivity index (χ1) is 12.3. The Hall–Kier alpha value is -2.45. The number of benzene rings is 2. The van der Waals surface area contributed by atoms with Crippen molar-refractivity contribution in [3.05, 3.63) is 64.2 Å². The highest BCUT2D eigenvalue weighted by Crippen LogP contribution is 2.22. The number of rotatable bonds is 9. The first-order valence-corrected chi connectivity index (χ1v) is 9.76. The van der Waals surface area contributed by atoms with Gasteiger partial charge >= 0.3 is 0 Å². The monoisotopic (exact) mass is 378 g/mol. The maximum atomic E-state index is 12.3. The van der Waals surface area contributed by atoms with Crippen molar-refractivity contribution in [3.63, 3.8) is 0 Å². The molecule has 7 nitrogen and oxygen atoms in total. The summed E-state index contributed by atoms with van der Waals surface area (Å²) in [4.78, 5) is 9.96. The van der Waals surface area contributed by atoms with Gasteiger partial charge < -0.3 is 4.74 Å². The van der Waals surface area contributed by atoms with Gasteiger partial charge in [0.05, 0.1) is 11.0 Å². The van der Waals surface area contributed by atoms with Crippen LogP contribution in [0.25, 0.3) is 0 Å². The number of hydrogen-bond donors (Lipinski definition) is 1.